The van der Waals surface area contributed by atoms with E-state index >= 15 is 0 Å². The van der Waals surface area contributed by atoms with E-state index in [4.69, 9.17) is 5.73 Å². The second kappa shape index (κ2) is 5.46. The smallest absolute Gasteiger partial charge is 0.262 e. The summed E-state index contributed by atoms with van der Waals surface area (Å²) in [6, 6.07) is 10.3. The molecule has 0 fully saturated rings. The summed E-state index contributed by atoms with van der Waals surface area (Å²) in [6.45, 7) is 3.62. The molecule has 0 heterocycles. The molecule has 0 aromatic heterocycles. The normalized spacial score (nSPS) is 11.3. The van der Waals surface area contributed by atoms with Crippen LogP contribution in [0.4, 0.5) is 11.4 Å². The van der Waals surface area contributed by atoms with Gasteiger partial charge in [0.25, 0.3) is 10.0 Å². The van der Waals surface area contributed by atoms with E-state index in [0.29, 0.717) is 21.4 Å². The van der Waals surface area contributed by atoms with Crippen LogP contribution < -0.4 is 10.5 Å². The molecule has 0 spiro atoms. The highest BCUT2D eigenvalue weighted by molar-refractivity contribution is 9.10. The summed E-state index contributed by atoms with van der Waals surface area (Å²) in [5.74, 6) is 0. The van der Waals surface area contributed by atoms with Crippen molar-refractivity contribution in [1.29, 1.82) is 0 Å². The average Bonchev–Trinajstić information content (AvgIpc) is 2.36. The number of halogens is 1. The van der Waals surface area contributed by atoms with Gasteiger partial charge < -0.3 is 5.73 Å². The first-order chi connectivity index (χ1) is 9.29. The molecule has 2 rings (SSSR count). The number of anilines is 2. The van der Waals surface area contributed by atoms with E-state index in [-0.39, 0.29) is 4.90 Å². The third-order valence-electron chi connectivity index (χ3n) is 2.87. The maximum absolute atomic E-state index is 12.5. The van der Waals surface area contributed by atoms with Gasteiger partial charge in [-0.25, -0.2) is 8.42 Å². The highest BCUT2D eigenvalue weighted by atomic mass is 79.9. The van der Waals surface area contributed by atoms with Crippen molar-refractivity contribution in [3.8, 4) is 0 Å². The van der Waals surface area contributed by atoms with E-state index in [1.165, 1.54) is 0 Å². The molecule has 6 heteroatoms. The first-order valence-electron chi connectivity index (χ1n) is 5.95. The van der Waals surface area contributed by atoms with E-state index in [9.17, 15) is 8.42 Å². The van der Waals surface area contributed by atoms with Gasteiger partial charge in [0, 0.05) is 10.2 Å². The number of rotatable bonds is 3. The predicted octanol–water partition coefficient (Wildman–Crippen LogP) is 3.45. The Kier molecular flexibility index (Phi) is 4.06. The highest BCUT2D eigenvalue weighted by Crippen LogP contribution is 2.28. The minimum Gasteiger partial charge on any atom is -0.399 e. The standard InChI is InChI=1S/C14H15BrN2O2S/c1-9-3-4-10(2)14(7-9)20(18,19)17-13-8-11(16)5-6-12(13)15/h3-8,17H,16H2,1-2H3. The monoisotopic (exact) mass is 354 g/mol. The zero-order valence-corrected chi connectivity index (χ0v) is 13.5. The fraction of sp³-hybridized carbons (Fsp3) is 0.143. The van der Waals surface area contributed by atoms with E-state index in [0.717, 1.165) is 5.56 Å². The van der Waals surface area contributed by atoms with Crippen molar-refractivity contribution in [2.75, 3.05) is 10.5 Å². The van der Waals surface area contributed by atoms with Gasteiger partial charge in [0.15, 0.2) is 0 Å². The third-order valence-corrected chi connectivity index (χ3v) is 5.07. The first-order valence-corrected chi connectivity index (χ1v) is 8.22. The molecule has 0 amide bonds. The quantitative estimate of drug-likeness (QED) is 0.829. The Morgan fingerprint density at radius 3 is 2.50 bits per heavy atom. The lowest BCUT2D eigenvalue weighted by molar-refractivity contribution is 0.600. The Hall–Kier alpha value is -1.53. The molecule has 3 N–H and O–H groups in total. The van der Waals surface area contributed by atoms with E-state index in [2.05, 4.69) is 20.7 Å². The number of hydrogen-bond acceptors (Lipinski definition) is 3. The predicted molar refractivity (Wildman–Crippen MR) is 85.3 cm³/mol. The van der Waals surface area contributed by atoms with Crippen molar-refractivity contribution in [2.45, 2.75) is 18.7 Å². The first kappa shape index (κ1) is 14.9. The van der Waals surface area contributed by atoms with Crippen LogP contribution in [0.25, 0.3) is 0 Å². The van der Waals surface area contributed by atoms with Crippen molar-refractivity contribution in [2.24, 2.45) is 0 Å². The molecule has 20 heavy (non-hydrogen) atoms. The topological polar surface area (TPSA) is 72.2 Å². The molecule has 0 aliphatic carbocycles. The summed E-state index contributed by atoms with van der Waals surface area (Å²) < 4.78 is 28.1. The molecular weight excluding hydrogens is 340 g/mol. The summed E-state index contributed by atoms with van der Waals surface area (Å²) in [5, 5.41) is 0. The molecule has 0 bridgehead atoms. The zero-order chi connectivity index (χ0) is 14.9. The molecule has 2 aromatic carbocycles. The maximum Gasteiger partial charge on any atom is 0.262 e. The number of hydrogen-bond donors (Lipinski definition) is 2. The summed E-state index contributed by atoms with van der Waals surface area (Å²) in [5.41, 5.74) is 8.19. The molecule has 2 aromatic rings. The Labute approximate surface area is 127 Å². The summed E-state index contributed by atoms with van der Waals surface area (Å²) in [4.78, 5) is 0.270. The number of nitrogen functional groups attached to an aromatic ring is 1. The Morgan fingerprint density at radius 2 is 1.80 bits per heavy atom. The third kappa shape index (κ3) is 3.13. The van der Waals surface area contributed by atoms with Gasteiger partial charge >= 0.3 is 0 Å². The maximum atomic E-state index is 12.5. The van der Waals surface area contributed by atoms with Crippen LogP contribution in [-0.4, -0.2) is 8.42 Å². The molecule has 0 saturated heterocycles. The van der Waals surface area contributed by atoms with Crippen LogP contribution in [0.5, 0.6) is 0 Å². The number of nitrogens with two attached hydrogens (primary N) is 1. The van der Waals surface area contributed by atoms with E-state index in [1.807, 2.05) is 13.0 Å². The van der Waals surface area contributed by atoms with Crippen LogP contribution in [0, 0.1) is 13.8 Å². The lowest BCUT2D eigenvalue weighted by atomic mass is 10.2. The molecular formula is C14H15BrN2O2S. The number of benzene rings is 2. The van der Waals surface area contributed by atoms with Gasteiger partial charge in [-0.15, -0.1) is 0 Å². The summed E-state index contributed by atoms with van der Waals surface area (Å²) in [7, 11) is -3.64. The van der Waals surface area contributed by atoms with Crippen molar-refractivity contribution < 1.29 is 8.42 Å². The largest absolute Gasteiger partial charge is 0.399 e. The Balaban J connectivity index is 2.46. The van der Waals surface area contributed by atoms with Crippen LogP contribution in [0.2, 0.25) is 0 Å². The minimum atomic E-state index is -3.64. The van der Waals surface area contributed by atoms with E-state index < -0.39 is 10.0 Å². The van der Waals surface area contributed by atoms with Gasteiger partial charge in [-0.05, 0) is 65.2 Å². The molecule has 4 nitrogen and oxygen atoms in total. The molecule has 106 valence electrons. The molecule has 0 aliphatic heterocycles. The summed E-state index contributed by atoms with van der Waals surface area (Å²) >= 11 is 3.31. The van der Waals surface area contributed by atoms with E-state index in [1.54, 1.807) is 37.3 Å². The molecule has 0 saturated carbocycles. The molecule has 0 radical (unpaired) electrons. The zero-order valence-electron chi connectivity index (χ0n) is 11.1. The Bertz CT molecular complexity index is 758. The fourth-order valence-electron chi connectivity index (χ4n) is 1.82. The second-order valence-electron chi connectivity index (χ2n) is 4.61. The number of nitrogens with one attached hydrogen (secondary N) is 1. The van der Waals surface area contributed by atoms with Crippen LogP contribution in [-0.2, 0) is 10.0 Å². The van der Waals surface area contributed by atoms with Gasteiger partial charge in [0.1, 0.15) is 0 Å². The number of aryl methyl sites for hydroxylation is 2. The van der Waals surface area contributed by atoms with Crippen LogP contribution >= 0.6 is 15.9 Å². The van der Waals surface area contributed by atoms with Crippen LogP contribution in [0.3, 0.4) is 0 Å². The fourth-order valence-corrected chi connectivity index (χ4v) is 3.70. The van der Waals surface area contributed by atoms with Crippen LogP contribution in [0.1, 0.15) is 11.1 Å². The summed E-state index contributed by atoms with van der Waals surface area (Å²) in [6.07, 6.45) is 0. The van der Waals surface area contributed by atoms with Gasteiger partial charge in [-0.1, -0.05) is 12.1 Å². The molecule has 0 atom stereocenters. The highest BCUT2D eigenvalue weighted by Gasteiger charge is 2.18. The van der Waals surface area contributed by atoms with Crippen molar-refractivity contribution in [1.82, 2.24) is 0 Å². The van der Waals surface area contributed by atoms with Gasteiger partial charge in [-0.2, -0.15) is 0 Å². The SMILES string of the molecule is Cc1ccc(C)c(S(=O)(=O)Nc2cc(N)ccc2Br)c1. The minimum absolute atomic E-state index is 0.270. The van der Waals surface area contributed by atoms with Crippen molar-refractivity contribution >= 4 is 37.3 Å². The van der Waals surface area contributed by atoms with Crippen molar-refractivity contribution in [3.05, 3.63) is 52.0 Å². The lowest BCUT2D eigenvalue weighted by Gasteiger charge is -2.12. The van der Waals surface area contributed by atoms with Crippen LogP contribution in [0.15, 0.2) is 45.8 Å². The Morgan fingerprint density at radius 1 is 1.10 bits per heavy atom. The molecule has 0 aliphatic rings. The molecule has 0 unspecified atom stereocenters. The van der Waals surface area contributed by atoms with Gasteiger partial charge in [0.2, 0.25) is 0 Å². The second-order valence-corrected chi connectivity index (χ2v) is 7.12. The lowest BCUT2D eigenvalue weighted by Crippen LogP contribution is -2.15. The van der Waals surface area contributed by atoms with Crippen molar-refractivity contribution in [3.63, 3.8) is 0 Å². The average molecular weight is 355 g/mol. The number of sulfonamides is 1. The van der Waals surface area contributed by atoms with Gasteiger partial charge in [0.05, 0.1) is 10.6 Å². The van der Waals surface area contributed by atoms with Gasteiger partial charge in [-0.3, -0.25) is 4.72 Å².